The van der Waals surface area contributed by atoms with Crippen molar-refractivity contribution >= 4 is 35.6 Å². The number of hydrogen-bond donors (Lipinski definition) is 10. The van der Waals surface area contributed by atoms with Crippen molar-refractivity contribution in [3.63, 3.8) is 0 Å². The number of nitrogens with two attached hydrogens (primary N) is 4. The van der Waals surface area contributed by atoms with Gasteiger partial charge in [-0.3, -0.25) is 24.2 Å². The molecule has 0 aliphatic heterocycles. The summed E-state index contributed by atoms with van der Waals surface area (Å²) in [5.74, 6) is -5.39. The van der Waals surface area contributed by atoms with Crippen LogP contribution in [0.5, 0.6) is 0 Å². The van der Waals surface area contributed by atoms with Gasteiger partial charge < -0.3 is 54.2 Å². The number of carbonyl (C=O) groups is 5. The van der Waals surface area contributed by atoms with Crippen LogP contribution in [-0.4, -0.2) is 94.3 Å². The highest BCUT2D eigenvalue weighted by Crippen LogP contribution is 2.06. The molecule has 5 unspecified atom stereocenters. The summed E-state index contributed by atoms with van der Waals surface area (Å²) in [6.07, 6.45) is -0.543. The summed E-state index contributed by atoms with van der Waals surface area (Å²) in [5, 5.41) is 34.9. The quantitative estimate of drug-likeness (QED) is 0.0436. The average Bonchev–Trinajstić information content (AvgIpc) is 2.80. The monoisotopic (exact) mass is 532 g/mol. The molecule has 37 heavy (non-hydrogen) atoms. The smallest absolute Gasteiger partial charge is 0.328 e. The second-order valence-corrected chi connectivity index (χ2v) is 8.46. The van der Waals surface area contributed by atoms with Gasteiger partial charge >= 0.3 is 11.9 Å². The molecule has 0 saturated heterocycles. The van der Waals surface area contributed by atoms with E-state index in [1.165, 1.54) is 6.92 Å². The number of hydrogen-bond acceptors (Lipinski definition) is 9. The van der Waals surface area contributed by atoms with Crippen LogP contribution in [0.25, 0.3) is 0 Å². The maximum Gasteiger partial charge on any atom is 0.328 e. The van der Waals surface area contributed by atoms with Gasteiger partial charge in [0.05, 0.1) is 12.1 Å². The molecule has 0 aliphatic rings. The fraction of sp³-hybridized carbons (Fsp3) is 0.714. The van der Waals surface area contributed by atoms with Crippen molar-refractivity contribution in [1.82, 2.24) is 16.0 Å². The van der Waals surface area contributed by atoms with E-state index >= 15 is 0 Å². The van der Waals surface area contributed by atoms with Gasteiger partial charge in [-0.05, 0) is 45.6 Å². The Morgan fingerprint density at radius 3 is 1.92 bits per heavy atom. The maximum absolute atomic E-state index is 13.0. The Kier molecular flexibility index (Phi) is 16.2. The van der Waals surface area contributed by atoms with Crippen LogP contribution in [-0.2, 0) is 24.0 Å². The van der Waals surface area contributed by atoms with E-state index in [2.05, 4.69) is 20.9 Å². The molecule has 0 bridgehead atoms. The highest BCUT2D eigenvalue weighted by Gasteiger charge is 2.31. The number of carbonyl (C=O) groups excluding carboxylic acids is 3. The molecule has 0 aliphatic carbocycles. The number of rotatable bonds is 19. The van der Waals surface area contributed by atoms with Crippen molar-refractivity contribution in [2.24, 2.45) is 27.9 Å². The molecule has 0 aromatic rings. The third-order valence-electron chi connectivity index (χ3n) is 5.21. The normalized spacial score (nSPS) is 14.8. The third-order valence-corrected chi connectivity index (χ3v) is 5.21. The van der Waals surface area contributed by atoms with Crippen LogP contribution < -0.4 is 38.9 Å². The number of carboxylic acids is 2. The summed E-state index contributed by atoms with van der Waals surface area (Å²) in [6.45, 7) is 1.68. The Labute approximate surface area is 214 Å². The average molecular weight is 533 g/mol. The summed E-state index contributed by atoms with van der Waals surface area (Å²) in [7, 11) is 0. The lowest BCUT2D eigenvalue weighted by Crippen LogP contribution is -2.58. The number of carboxylic acid groups (broad SMARTS) is 2. The molecule has 14 N–H and O–H groups in total. The fourth-order valence-corrected chi connectivity index (χ4v) is 3.14. The van der Waals surface area contributed by atoms with Crippen LogP contribution in [0.1, 0.15) is 51.9 Å². The van der Waals surface area contributed by atoms with E-state index in [1.807, 2.05) is 0 Å². The first-order valence-corrected chi connectivity index (χ1v) is 11.8. The third kappa shape index (κ3) is 14.6. The Balaban J connectivity index is 5.62. The number of aliphatic carboxylic acids is 2. The molecule has 3 amide bonds. The van der Waals surface area contributed by atoms with Gasteiger partial charge in [-0.15, -0.1) is 0 Å². The van der Waals surface area contributed by atoms with Crippen molar-refractivity contribution in [3.05, 3.63) is 0 Å². The van der Waals surface area contributed by atoms with Gasteiger partial charge in [0.15, 0.2) is 12.0 Å². The molecule has 16 heteroatoms. The highest BCUT2D eigenvalue weighted by atomic mass is 16.4. The van der Waals surface area contributed by atoms with Crippen molar-refractivity contribution in [2.45, 2.75) is 82.1 Å². The minimum absolute atomic E-state index is 0.0430. The molecule has 0 aromatic heterocycles. The van der Waals surface area contributed by atoms with Gasteiger partial charge in [-0.1, -0.05) is 6.42 Å². The highest BCUT2D eigenvalue weighted by molar-refractivity contribution is 5.94. The molecule has 5 atom stereocenters. The second-order valence-electron chi connectivity index (χ2n) is 8.46. The van der Waals surface area contributed by atoms with Gasteiger partial charge in [0, 0.05) is 13.0 Å². The molecular weight excluding hydrogens is 492 g/mol. The number of nitrogens with one attached hydrogen (secondary N) is 3. The van der Waals surface area contributed by atoms with Gasteiger partial charge in [0.2, 0.25) is 17.7 Å². The zero-order valence-corrected chi connectivity index (χ0v) is 20.9. The number of guanidine groups is 1. The standard InChI is InChI=1S/C21H40N8O8/c1-11(30)16(20(36)37)29-19(35)13(6-4-10-26-21(24)25)28-18(34)14(7-8-15(31)32)27-17(33)12(23)5-2-3-9-22/h11-14,16,30H,2-10,22-23H2,1H3,(H,27,33)(H,28,34)(H,29,35)(H,31,32)(H,36,37)(H4,24,25,26). The Hall–Kier alpha value is -3.50. The molecule has 0 heterocycles. The summed E-state index contributed by atoms with van der Waals surface area (Å²) >= 11 is 0. The van der Waals surface area contributed by atoms with Crippen LogP contribution in [0.15, 0.2) is 4.99 Å². The zero-order chi connectivity index (χ0) is 28.5. The summed E-state index contributed by atoms with van der Waals surface area (Å²) in [6, 6.07) is -5.28. The zero-order valence-electron chi connectivity index (χ0n) is 20.9. The molecule has 0 spiro atoms. The first kappa shape index (κ1) is 33.5. The number of aliphatic hydroxyl groups excluding tert-OH is 1. The van der Waals surface area contributed by atoms with Crippen molar-refractivity contribution in [1.29, 1.82) is 0 Å². The van der Waals surface area contributed by atoms with E-state index in [4.69, 9.17) is 28.0 Å². The molecule has 212 valence electrons. The molecule has 16 nitrogen and oxygen atoms in total. The lowest BCUT2D eigenvalue weighted by atomic mass is 10.0. The number of amides is 3. The number of aliphatic hydroxyl groups is 1. The van der Waals surface area contributed by atoms with E-state index in [-0.39, 0.29) is 31.8 Å². The van der Waals surface area contributed by atoms with Crippen molar-refractivity contribution in [3.8, 4) is 0 Å². The lowest BCUT2D eigenvalue weighted by Gasteiger charge is -2.25. The van der Waals surface area contributed by atoms with Crippen LogP contribution in [0, 0.1) is 0 Å². The summed E-state index contributed by atoms with van der Waals surface area (Å²) < 4.78 is 0. The van der Waals surface area contributed by atoms with Crippen molar-refractivity contribution < 1.29 is 39.3 Å². The molecule has 0 radical (unpaired) electrons. The van der Waals surface area contributed by atoms with E-state index in [0.29, 0.717) is 25.8 Å². The molecule has 0 aromatic carbocycles. The van der Waals surface area contributed by atoms with Crippen LogP contribution in [0.2, 0.25) is 0 Å². The molecule has 0 rings (SSSR count). The fourth-order valence-electron chi connectivity index (χ4n) is 3.14. The van der Waals surface area contributed by atoms with Gasteiger partial charge in [0.25, 0.3) is 0 Å². The maximum atomic E-state index is 13.0. The first-order chi connectivity index (χ1) is 17.3. The van der Waals surface area contributed by atoms with Gasteiger partial charge in [-0.25, -0.2) is 4.79 Å². The van der Waals surface area contributed by atoms with E-state index < -0.39 is 66.4 Å². The van der Waals surface area contributed by atoms with E-state index in [9.17, 15) is 34.2 Å². The minimum atomic E-state index is -1.65. The topological polar surface area (TPSA) is 299 Å². The Morgan fingerprint density at radius 2 is 1.41 bits per heavy atom. The van der Waals surface area contributed by atoms with Gasteiger partial charge in [0.1, 0.15) is 12.1 Å². The lowest BCUT2D eigenvalue weighted by molar-refractivity contribution is -0.145. The predicted octanol–water partition coefficient (Wildman–Crippen LogP) is -3.72. The number of unbranched alkanes of at least 4 members (excludes halogenated alkanes) is 1. The second kappa shape index (κ2) is 17.9. The van der Waals surface area contributed by atoms with E-state index in [0.717, 1.165) is 0 Å². The Morgan fingerprint density at radius 1 is 0.838 bits per heavy atom. The first-order valence-electron chi connectivity index (χ1n) is 11.8. The summed E-state index contributed by atoms with van der Waals surface area (Å²) in [5.41, 5.74) is 21.8. The van der Waals surface area contributed by atoms with Crippen LogP contribution in [0.3, 0.4) is 0 Å². The van der Waals surface area contributed by atoms with Crippen molar-refractivity contribution in [2.75, 3.05) is 13.1 Å². The SMILES string of the molecule is CC(O)C(NC(=O)C(CCCN=C(N)N)NC(=O)C(CCC(=O)O)NC(=O)C(N)CCCCN)C(=O)O. The van der Waals surface area contributed by atoms with Gasteiger partial charge in [-0.2, -0.15) is 0 Å². The largest absolute Gasteiger partial charge is 0.481 e. The number of aliphatic imine (C=N–C) groups is 1. The molecular formula is C21H40N8O8. The van der Waals surface area contributed by atoms with Crippen LogP contribution in [0.4, 0.5) is 0 Å². The minimum Gasteiger partial charge on any atom is -0.481 e. The Bertz CT molecular complexity index is 803. The summed E-state index contributed by atoms with van der Waals surface area (Å²) in [4.78, 5) is 64.5. The molecule has 0 saturated carbocycles. The molecule has 0 fully saturated rings. The van der Waals surface area contributed by atoms with E-state index in [1.54, 1.807) is 0 Å². The predicted molar refractivity (Wildman–Crippen MR) is 133 cm³/mol. The number of nitrogens with zero attached hydrogens (tertiary/aromatic N) is 1. The van der Waals surface area contributed by atoms with Crippen LogP contribution >= 0.6 is 0 Å².